The second kappa shape index (κ2) is 9.48. The highest BCUT2D eigenvalue weighted by atomic mass is 35.5. The molecule has 0 amide bonds. The van der Waals surface area contributed by atoms with Gasteiger partial charge in [0.15, 0.2) is 11.5 Å². The van der Waals surface area contributed by atoms with Crippen molar-refractivity contribution in [3.05, 3.63) is 70.5 Å². The number of nitrogens with zero attached hydrogens (tertiary/aromatic N) is 4. The summed E-state index contributed by atoms with van der Waals surface area (Å²) >= 11 is 8.51. The average Bonchev–Trinajstić information content (AvgIpc) is 3.56. The third-order valence-corrected chi connectivity index (χ3v) is 7.10. The van der Waals surface area contributed by atoms with E-state index in [-0.39, 0.29) is 0 Å². The SMILES string of the molecule is COc1cc(Cn2cc(C3=C(Cl)c4ccc(-c5cccs5)nc4CC3)nn2)cc(OC)c1OC. The Kier molecular flexibility index (Phi) is 6.26. The van der Waals surface area contributed by atoms with Crippen LogP contribution in [0.25, 0.3) is 21.2 Å². The molecule has 34 heavy (non-hydrogen) atoms. The van der Waals surface area contributed by atoms with Gasteiger partial charge in [0.25, 0.3) is 0 Å². The average molecular weight is 495 g/mol. The zero-order valence-electron chi connectivity index (χ0n) is 19.0. The Hall–Kier alpha value is -3.36. The fraction of sp³-hybridized carbons (Fsp3) is 0.240. The van der Waals surface area contributed by atoms with Gasteiger partial charge in [-0.15, -0.1) is 16.4 Å². The van der Waals surface area contributed by atoms with Crippen LogP contribution in [0.2, 0.25) is 0 Å². The van der Waals surface area contributed by atoms with Gasteiger partial charge in [-0.25, -0.2) is 4.68 Å². The highest BCUT2D eigenvalue weighted by molar-refractivity contribution is 7.13. The fourth-order valence-corrected chi connectivity index (χ4v) is 5.20. The van der Waals surface area contributed by atoms with Gasteiger partial charge >= 0.3 is 0 Å². The topological polar surface area (TPSA) is 71.3 Å². The third kappa shape index (κ3) is 4.15. The number of thiophene rings is 1. The molecular weight excluding hydrogens is 472 g/mol. The van der Waals surface area contributed by atoms with Crippen LogP contribution in [0.4, 0.5) is 0 Å². The predicted octanol–water partition coefficient (Wildman–Crippen LogP) is 5.53. The number of ether oxygens (including phenoxy) is 3. The first-order valence-electron chi connectivity index (χ1n) is 10.7. The Labute approximate surface area is 206 Å². The minimum absolute atomic E-state index is 0.497. The molecule has 0 fully saturated rings. The van der Waals surface area contributed by atoms with E-state index in [2.05, 4.69) is 27.8 Å². The molecule has 1 aliphatic carbocycles. The van der Waals surface area contributed by atoms with Crippen molar-refractivity contribution in [1.82, 2.24) is 20.0 Å². The van der Waals surface area contributed by atoms with E-state index in [4.69, 9.17) is 30.8 Å². The maximum Gasteiger partial charge on any atom is 0.203 e. The summed E-state index contributed by atoms with van der Waals surface area (Å²) in [6.45, 7) is 0.497. The van der Waals surface area contributed by atoms with E-state index < -0.39 is 0 Å². The lowest BCUT2D eigenvalue weighted by molar-refractivity contribution is 0.323. The van der Waals surface area contributed by atoms with Crippen LogP contribution in [0.3, 0.4) is 0 Å². The maximum absolute atomic E-state index is 6.83. The summed E-state index contributed by atoms with van der Waals surface area (Å²) < 4.78 is 18.1. The molecule has 3 aromatic heterocycles. The molecule has 3 heterocycles. The zero-order chi connectivity index (χ0) is 23.7. The van der Waals surface area contributed by atoms with Gasteiger partial charge < -0.3 is 14.2 Å². The fourth-order valence-electron chi connectivity index (χ4n) is 4.14. The van der Waals surface area contributed by atoms with E-state index in [1.54, 1.807) is 37.3 Å². The Morgan fingerprint density at radius 3 is 2.47 bits per heavy atom. The smallest absolute Gasteiger partial charge is 0.203 e. The third-order valence-electron chi connectivity index (χ3n) is 5.78. The van der Waals surface area contributed by atoms with Crippen LogP contribution < -0.4 is 14.2 Å². The molecule has 5 rings (SSSR count). The van der Waals surface area contributed by atoms with Gasteiger partial charge in [-0.2, -0.15) is 0 Å². The Balaban J connectivity index is 1.41. The molecule has 0 spiro atoms. The second-order valence-electron chi connectivity index (χ2n) is 7.80. The summed E-state index contributed by atoms with van der Waals surface area (Å²) in [6.07, 6.45) is 3.48. The van der Waals surface area contributed by atoms with Gasteiger partial charge in [-0.05, 0) is 54.1 Å². The highest BCUT2D eigenvalue weighted by Gasteiger charge is 2.23. The maximum atomic E-state index is 6.83. The van der Waals surface area contributed by atoms with E-state index in [1.165, 1.54) is 0 Å². The Morgan fingerprint density at radius 2 is 1.79 bits per heavy atom. The summed E-state index contributed by atoms with van der Waals surface area (Å²) in [7, 11) is 4.78. The molecule has 0 N–H and O–H groups in total. The zero-order valence-corrected chi connectivity index (χ0v) is 20.6. The lowest BCUT2D eigenvalue weighted by Crippen LogP contribution is -2.05. The minimum Gasteiger partial charge on any atom is -0.493 e. The van der Waals surface area contributed by atoms with Crippen molar-refractivity contribution in [1.29, 1.82) is 0 Å². The normalized spacial score (nSPS) is 13.1. The first-order chi connectivity index (χ1) is 16.6. The van der Waals surface area contributed by atoms with Crippen LogP contribution in [0, 0.1) is 0 Å². The molecule has 174 valence electrons. The summed E-state index contributed by atoms with van der Waals surface area (Å²) in [5.41, 5.74) is 5.66. The molecule has 0 saturated carbocycles. The first kappa shape index (κ1) is 22.4. The molecule has 1 aliphatic rings. The Bertz CT molecular complexity index is 1340. The molecule has 0 bridgehead atoms. The largest absolute Gasteiger partial charge is 0.493 e. The van der Waals surface area contributed by atoms with Crippen LogP contribution >= 0.6 is 22.9 Å². The molecule has 0 radical (unpaired) electrons. The molecule has 9 heteroatoms. The summed E-state index contributed by atoms with van der Waals surface area (Å²) in [5, 5.41) is 11.5. The van der Waals surface area contributed by atoms with Crippen molar-refractivity contribution in [2.75, 3.05) is 21.3 Å². The standard InChI is InChI=1S/C25H23ClN4O3S/c1-31-21-11-15(12-22(32-2)25(21)33-3)13-30-14-20(28-29-30)17-6-8-18-16(24(17)26)7-9-19(27-18)23-5-4-10-34-23/h4-5,7,9-12,14H,6,8,13H2,1-3H3. The van der Waals surface area contributed by atoms with Crippen molar-refractivity contribution in [3.63, 3.8) is 0 Å². The van der Waals surface area contributed by atoms with E-state index in [9.17, 15) is 0 Å². The molecule has 0 atom stereocenters. The molecular formula is C25H23ClN4O3S. The number of rotatable bonds is 7. The van der Waals surface area contributed by atoms with Crippen molar-refractivity contribution >= 4 is 33.5 Å². The van der Waals surface area contributed by atoms with Crippen LogP contribution in [0.15, 0.2) is 48.0 Å². The summed E-state index contributed by atoms with van der Waals surface area (Å²) in [5.74, 6) is 1.75. The predicted molar refractivity (Wildman–Crippen MR) is 134 cm³/mol. The van der Waals surface area contributed by atoms with E-state index >= 15 is 0 Å². The number of hydrogen-bond donors (Lipinski definition) is 0. The molecule has 7 nitrogen and oxygen atoms in total. The molecule has 0 unspecified atom stereocenters. The number of allylic oxidation sites excluding steroid dienone is 1. The van der Waals surface area contributed by atoms with Crippen molar-refractivity contribution in [3.8, 4) is 27.8 Å². The van der Waals surface area contributed by atoms with Gasteiger partial charge in [0.2, 0.25) is 5.75 Å². The number of pyridine rings is 1. The lowest BCUT2D eigenvalue weighted by atomic mass is 9.94. The van der Waals surface area contributed by atoms with Gasteiger partial charge in [-0.3, -0.25) is 4.98 Å². The monoisotopic (exact) mass is 494 g/mol. The van der Waals surface area contributed by atoms with Gasteiger partial charge in [0, 0.05) is 11.1 Å². The summed E-state index contributed by atoms with van der Waals surface area (Å²) in [6, 6.07) is 12.0. The second-order valence-corrected chi connectivity index (χ2v) is 9.12. The first-order valence-corrected chi connectivity index (χ1v) is 12.0. The highest BCUT2D eigenvalue weighted by Crippen LogP contribution is 2.40. The number of fused-ring (bicyclic) bond motifs is 1. The van der Waals surface area contributed by atoms with Crippen molar-refractivity contribution in [2.24, 2.45) is 0 Å². The minimum atomic E-state index is 0.497. The van der Waals surface area contributed by atoms with E-state index in [1.807, 2.05) is 30.5 Å². The number of halogens is 1. The van der Waals surface area contributed by atoms with Crippen molar-refractivity contribution < 1.29 is 14.2 Å². The van der Waals surface area contributed by atoms with Gasteiger partial charge in [-0.1, -0.05) is 22.9 Å². The molecule has 0 saturated heterocycles. The van der Waals surface area contributed by atoms with Crippen LogP contribution in [-0.4, -0.2) is 41.3 Å². The number of benzene rings is 1. The van der Waals surface area contributed by atoms with Crippen LogP contribution in [0.1, 0.15) is 28.9 Å². The number of methoxy groups -OCH3 is 3. The van der Waals surface area contributed by atoms with Crippen LogP contribution in [0.5, 0.6) is 17.2 Å². The van der Waals surface area contributed by atoms with E-state index in [0.717, 1.165) is 51.5 Å². The van der Waals surface area contributed by atoms with Gasteiger partial charge in [0.05, 0.1) is 55.4 Å². The quantitative estimate of drug-likeness (QED) is 0.336. The number of aryl methyl sites for hydroxylation is 1. The summed E-state index contributed by atoms with van der Waals surface area (Å²) in [4.78, 5) is 6.01. The molecule has 0 aliphatic heterocycles. The number of aromatic nitrogens is 4. The van der Waals surface area contributed by atoms with Crippen LogP contribution in [-0.2, 0) is 13.0 Å². The molecule has 1 aromatic carbocycles. The lowest BCUT2D eigenvalue weighted by Gasteiger charge is -2.18. The van der Waals surface area contributed by atoms with Gasteiger partial charge in [0.1, 0.15) is 5.69 Å². The van der Waals surface area contributed by atoms with E-state index in [0.29, 0.717) is 28.8 Å². The Morgan fingerprint density at radius 1 is 1.00 bits per heavy atom. The number of hydrogen-bond acceptors (Lipinski definition) is 7. The van der Waals surface area contributed by atoms with Crippen molar-refractivity contribution in [2.45, 2.75) is 19.4 Å². The molecule has 4 aromatic rings.